The minimum Gasteiger partial charge on any atom is -0.480 e. The standard InChI is InChI=1S/C35H54N4O11/c1-23(36-49-16-4-14-38(19-29(40)41)20-30(42)43)35(48)13-10-28-26-7-6-24-18-25(8-11-33(24,2)27(26)9-12-34(28,35)3)37-50-17-5-15-39(21-31(44)45)22-32(46)47/h18,26-28,48H,4-17,19-22H2,1-3H3,(H,40,41)(H,42,43)(H,44,45)(H,46,47)/b36-23+,37-25+/t26-,27+,28+,33+,34+,35+/m1/s1. The van der Waals surface area contributed by atoms with Gasteiger partial charge >= 0.3 is 23.9 Å². The Bertz CT molecular complexity index is 1340. The summed E-state index contributed by atoms with van der Waals surface area (Å²) in [6.45, 7) is 5.94. The zero-order chi connectivity index (χ0) is 36.7. The average molecular weight is 707 g/mol. The molecule has 0 aliphatic heterocycles. The Morgan fingerprint density at radius 1 is 0.780 bits per heavy atom. The van der Waals surface area contributed by atoms with E-state index in [1.165, 1.54) is 15.4 Å². The van der Waals surface area contributed by atoms with Crippen molar-refractivity contribution in [3.8, 4) is 0 Å². The second kappa shape index (κ2) is 16.6. The van der Waals surface area contributed by atoms with E-state index >= 15 is 0 Å². The molecule has 0 spiro atoms. The van der Waals surface area contributed by atoms with E-state index in [4.69, 9.17) is 30.1 Å². The van der Waals surface area contributed by atoms with Gasteiger partial charge in [0, 0.05) is 18.5 Å². The number of hydrogen-bond acceptors (Lipinski definition) is 11. The highest BCUT2D eigenvalue weighted by Gasteiger charge is 2.65. The summed E-state index contributed by atoms with van der Waals surface area (Å²) in [5.41, 5.74) is 1.44. The molecule has 6 atom stereocenters. The highest BCUT2D eigenvalue weighted by Crippen LogP contribution is 2.67. The van der Waals surface area contributed by atoms with Crippen molar-refractivity contribution in [2.75, 3.05) is 52.5 Å². The maximum Gasteiger partial charge on any atom is 0.317 e. The van der Waals surface area contributed by atoms with Crippen LogP contribution in [0.1, 0.15) is 85.0 Å². The molecule has 0 aromatic rings. The molecule has 15 nitrogen and oxygen atoms in total. The van der Waals surface area contributed by atoms with Crippen LogP contribution in [0.2, 0.25) is 0 Å². The maximum atomic E-state index is 12.2. The number of nitrogens with zero attached hydrogens (tertiary/aromatic N) is 4. The molecular weight excluding hydrogens is 652 g/mol. The lowest BCUT2D eigenvalue weighted by molar-refractivity contribution is -0.143. The molecule has 0 aromatic heterocycles. The first-order valence-corrected chi connectivity index (χ1v) is 17.7. The second-order valence-electron chi connectivity index (χ2n) is 15.0. The zero-order valence-corrected chi connectivity index (χ0v) is 29.5. The fourth-order valence-corrected chi connectivity index (χ4v) is 9.50. The zero-order valence-electron chi connectivity index (χ0n) is 29.5. The Hall–Kier alpha value is -3.56. The minimum absolute atomic E-state index is 0.0412. The Labute approximate surface area is 292 Å². The quantitative estimate of drug-likeness (QED) is 0.0741. The van der Waals surface area contributed by atoms with E-state index < -0.39 is 29.5 Å². The number of allylic oxidation sites excluding steroid dienone is 2. The van der Waals surface area contributed by atoms with Crippen LogP contribution in [0.15, 0.2) is 22.0 Å². The SMILES string of the molecule is C/C(=N\OCCCN(CC(=O)O)CC(=O)O)[C@@]1(O)CC[C@H]2[C@@H]3CCC4=C/C(=N/OCCCN(CC(=O)O)CC(=O)O)CC[C@]4(C)[C@H]3CC[C@@]21C. The monoisotopic (exact) mass is 706 g/mol. The third kappa shape index (κ3) is 9.02. The largest absolute Gasteiger partial charge is 0.480 e. The van der Waals surface area contributed by atoms with Gasteiger partial charge in [-0.05, 0) is 100 Å². The molecule has 0 amide bonds. The fraction of sp³-hybridized carbons (Fsp3) is 0.771. The summed E-state index contributed by atoms with van der Waals surface area (Å²) in [7, 11) is 0. The first-order valence-electron chi connectivity index (χ1n) is 17.7. The van der Waals surface area contributed by atoms with Gasteiger partial charge in [-0.25, -0.2) is 0 Å². The van der Waals surface area contributed by atoms with Gasteiger partial charge in [0.25, 0.3) is 0 Å². The molecule has 0 bridgehead atoms. The number of carbonyl (C=O) groups is 4. The van der Waals surface area contributed by atoms with Gasteiger partial charge in [0.1, 0.15) is 18.8 Å². The third-order valence-electron chi connectivity index (χ3n) is 12.0. The van der Waals surface area contributed by atoms with Crippen LogP contribution in [0, 0.1) is 28.6 Å². The summed E-state index contributed by atoms with van der Waals surface area (Å²) in [5, 5.41) is 57.0. The first-order chi connectivity index (χ1) is 23.6. The Kier molecular flexibility index (Phi) is 13.1. The van der Waals surface area contributed by atoms with Crippen molar-refractivity contribution < 1.29 is 54.4 Å². The molecule has 50 heavy (non-hydrogen) atoms. The number of hydrogen-bond donors (Lipinski definition) is 5. The van der Waals surface area contributed by atoms with Gasteiger partial charge in [-0.2, -0.15) is 0 Å². The second-order valence-corrected chi connectivity index (χ2v) is 15.0. The maximum absolute atomic E-state index is 12.2. The number of carboxylic acids is 4. The van der Waals surface area contributed by atoms with E-state index in [0.717, 1.165) is 50.7 Å². The van der Waals surface area contributed by atoms with E-state index in [1.54, 1.807) is 0 Å². The molecular formula is C35H54N4O11. The van der Waals surface area contributed by atoms with Gasteiger partial charge in [0.2, 0.25) is 0 Å². The molecule has 0 saturated heterocycles. The number of carboxylic acid groups (broad SMARTS) is 4. The van der Waals surface area contributed by atoms with Gasteiger partial charge in [-0.1, -0.05) is 29.7 Å². The first kappa shape index (κ1) is 39.2. The fourth-order valence-electron chi connectivity index (χ4n) is 9.50. The van der Waals surface area contributed by atoms with Crippen LogP contribution in [0.4, 0.5) is 0 Å². The number of rotatable bonds is 19. The highest BCUT2D eigenvalue weighted by molar-refractivity contribution is 5.96. The Balaban J connectivity index is 1.32. The Morgan fingerprint density at radius 2 is 1.32 bits per heavy atom. The minimum atomic E-state index is -1.10. The normalized spacial score (nSPS) is 31.5. The summed E-state index contributed by atoms with van der Waals surface area (Å²) in [4.78, 5) is 57.9. The Morgan fingerprint density at radius 3 is 1.88 bits per heavy atom. The van der Waals surface area contributed by atoms with Gasteiger partial charge in [0.05, 0.1) is 37.6 Å². The molecule has 4 aliphatic carbocycles. The van der Waals surface area contributed by atoms with Gasteiger partial charge in [-0.15, -0.1) is 0 Å². The van der Waals surface area contributed by atoms with Crippen LogP contribution in [-0.4, -0.2) is 129 Å². The summed E-state index contributed by atoms with van der Waals surface area (Å²) in [6, 6.07) is 0. The lowest BCUT2D eigenvalue weighted by Gasteiger charge is -2.59. The summed E-state index contributed by atoms with van der Waals surface area (Å²) < 4.78 is 0. The van der Waals surface area contributed by atoms with E-state index in [-0.39, 0.29) is 63.3 Å². The molecule has 4 rings (SSSR count). The smallest absolute Gasteiger partial charge is 0.317 e. The average Bonchev–Trinajstić information content (AvgIpc) is 3.30. The number of fused-ring (bicyclic) bond motifs is 5. The van der Waals surface area contributed by atoms with Crippen molar-refractivity contribution in [3.05, 3.63) is 11.6 Å². The van der Waals surface area contributed by atoms with Crippen molar-refractivity contribution in [2.45, 2.75) is 90.6 Å². The van der Waals surface area contributed by atoms with Crippen molar-refractivity contribution in [3.63, 3.8) is 0 Å². The predicted molar refractivity (Wildman–Crippen MR) is 182 cm³/mol. The van der Waals surface area contributed by atoms with Crippen molar-refractivity contribution >= 4 is 35.3 Å². The third-order valence-corrected chi connectivity index (χ3v) is 12.0. The van der Waals surface area contributed by atoms with E-state index in [1.807, 2.05) is 6.92 Å². The molecule has 280 valence electrons. The van der Waals surface area contributed by atoms with Crippen molar-refractivity contribution in [1.82, 2.24) is 9.80 Å². The topological polar surface area (TPSA) is 219 Å². The van der Waals surface area contributed by atoms with Gasteiger partial charge in [-0.3, -0.25) is 29.0 Å². The van der Waals surface area contributed by atoms with Crippen LogP contribution in [-0.2, 0) is 28.9 Å². The lowest BCUT2D eigenvalue weighted by Crippen LogP contribution is -2.57. The molecule has 0 heterocycles. The molecule has 0 unspecified atom stereocenters. The van der Waals surface area contributed by atoms with Crippen LogP contribution in [0.5, 0.6) is 0 Å². The number of aliphatic carboxylic acids is 4. The van der Waals surface area contributed by atoms with Crippen molar-refractivity contribution in [1.29, 1.82) is 0 Å². The number of oxime groups is 2. The van der Waals surface area contributed by atoms with E-state index in [2.05, 4.69) is 30.2 Å². The van der Waals surface area contributed by atoms with Gasteiger partial charge < -0.3 is 35.2 Å². The van der Waals surface area contributed by atoms with Gasteiger partial charge in [0.15, 0.2) is 0 Å². The van der Waals surface area contributed by atoms with Crippen LogP contribution in [0.25, 0.3) is 0 Å². The van der Waals surface area contributed by atoms with E-state index in [0.29, 0.717) is 42.7 Å². The van der Waals surface area contributed by atoms with Crippen LogP contribution < -0.4 is 0 Å². The van der Waals surface area contributed by atoms with Crippen LogP contribution in [0.3, 0.4) is 0 Å². The molecule has 0 aromatic carbocycles. The summed E-state index contributed by atoms with van der Waals surface area (Å²) in [6.07, 6.45) is 10.2. The van der Waals surface area contributed by atoms with Crippen LogP contribution >= 0.6 is 0 Å². The molecule has 5 N–H and O–H groups in total. The molecule has 4 aliphatic rings. The van der Waals surface area contributed by atoms with Crippen molar-refractivity contribution in [2.24, 2.45) is 38.9 Å². The molecule has 0 radical (unpaired) electrons. The predicted octanol–water partition coefficient (Wildman–Crippen LogP) is 3.17. The molecule has 15 heteroatoms. The molecule has 3 saturated carbocycles. The summed E-state index contributed by atoms with van der Waals surface area (Å²) >= 11 is 0. The lowest BCUT2D eigenvalue weighted by atomic mass is 9.46. The number of aliphatic hydroxyl groups is 1. The summed E-state index contributed by atoms with van der Waals surface area (Å²) in [5.74, 6) is -3.03. The highest BCUT2D eigenvalue weighted by atomic mass is 16.6. The molecule has 3 fully saturated rings. The van der Waals surface area contributed by atoms with E-state index in [9.17, 15) is 24.3 Å².